The van der Waals surface area contributed by atoms with Crippen LogP contribution in [0.5, 0.6) is 0 Å². The van der Waals surface area contributed by atoms with E-state index in [9.17, 15) is 4.79 Å². The Hall–Kier alpha value is -1.96. The molecule has 0 aliphatic carbocycles. The highest BCUT2D eigenvalue weighted by Gasteiger charge is 1.98. The van der Waals surface area contributed by atoms with E-state index in [4.69, 9.17) is 0 Å². The van der Waals surface area contributed by atoms with Crippen LogP contribution in [0.1, 0.15) is 34.1 Å². The summed E-state index contributed by atoms with van der Waals surface area (Å²) < 4.78 is 0. The molecule has 1 aromatic heterocycles. The van der Waals surface area contributed by atoms with Crippen molar-refractivity contribution in [2.45, 2.75) is 19.8 Å². The van der Waals surface area contributed by atoms with Crippen LogP contribution in [0.25, 0.3) is 0 Å². The Labute approximate surface area is 101 Å². The number of hydrogen-bond acceptors (Lipinski definition) is 2. The van der Waals surface area contributed by atoms with Gasteiger partial charge in [-0.3, -0.25) is 9.78 Å². The van der Waals surface area contributed by atoms with Crippen molar-refractivity contribution < 1.29 is 4.79 Å². The molecule has 0 aliphatic heterocycles. The topological polar surface area (TPSA) is 30.0 Å². The summed E-state index contributed by atoms with van der Waals surface area (Å²) in [5.41, 5.74) is 4.20. The summed E-state index contributed by atoms with van der Waals surface area (Å²) in [5.74, 6) is 0. The van der Waals surface area contributed by atoms with Gasteiger partial charge in [-0.15, -0.1) is 0 Å². The Morgan fingerprint density at radius 1 is 1.06 bits per heavy atom. The van der Waals surface area contributed by atoms with Gasteiger partial charge in [0.05, 0.1) is 0 Å². The zero-order chi connectivity index (χ0) is 12.1. The number of rotatable bonds is 4. The molecule has 0 bridgehead atoms. The van der Waals surface area contributed by atoms with Crippen LogP contribution in [-0.4, -0.2) is 11.3 Å². The van der Waals surface area contributed by atoms with Crippen molar-refractivity contribution in [3.05, 3.63) is 65.0 Å². The van der Waals surface area contributed by atoms with E-state index in [1.54, 1.807) is 12.3 Å². The van der Waals surface area contributed by atoms with Crippen molar-refractivity contribution in [2.24, 2.45) is 0 Å². The Morgan fingerprint density at radius 2 is 1.76 bits per heavy atom. The molecule has 0 saturated carbocycles. The quantitative estimate of drug-likeness (QED) is 0.748. The number of benzene rings is 1. The van der Waals surface area contributed by atoms with Gasteiger partial charge >= 0.3 is 0 Å². The third-order valence-electron chi connectivity index (χ3n) is 2.80. The van der Waals surface area contributed by atoms with Crippen molar-refractivity contribution in [3.63, 3.8) is 0 Å². The molecule has 1 heterocycles. The molecule has 0 aliphatic rings. The van der Waals surface area contributed by atoms with Crippen LogP contribution >= 0.6 is 0 Å². The van der Waals surface area contributed by atoms with Gasteiger partial charge < -0.3 is 0 Å². The first-order valence-electron chi connectivity index (χ1n) is 5.79. The van der Waals surface area contributed by atoms with Crippen LogP contribution in [0.15, 0.2) is 42.6 Å². The third kappa shape index (κ3) is 3.00. The Balaban J connectivity index is 2.10. The molecule has 0 fully saturated rings. The second-order valence-corrected chi connectivity index (χ2v) is 4.05. The maximum Gasteiger partial charge on any atom is 0.151 e. The summed E-state index contributed by atoms with van der Waals surface area (Å²) >= 11 is 0. The number of hydrogen-bond donors (Lipinski definition) is 0. The summed E-state index contributed by atoms with van der Waals surface area (Å²) in [7, 11) is 0. The SMILES string of the molecule is CCc1ccc(Cc2ccc(C=O)cn2)cc1. The maximum absolute atomic E-state index is 10.5. The van der Waals surface area contributed by atoms with E-state index in [1.165, 1.54) is 11.1 Å². The normalized spacial score (nSPS) is 10.2. The fourth-order valence-corrected chi connectivity index (χ4v) is 1.71. The zero-order valence-corrected chi connectivity index (χ0v) is 9.89. The summed E-state index contributed by atoms with van der Waals surface area (Å²) in [5, 5.41) is 0. The van der Waals surface area contributed by atoms with Crippen molar-refractivity contribution >= 4 is 6.29 Å². The molecule has 0 N–H and O–H groups in total. The van der Waals surface area contributed by atoms with Crippen molar-refractivity contribution in [2.75, 3.05) is 0 Å². The Bertz CT molecular complexity index is 485. The van der Waals surface area contributed by atoms with E-state index in [0.717, 1.165) is 24.8 Å². The van der Waals surface area contributed by atoms with E-state index in [2.05, 4.69) is 36.2 Å². The molecule has 0 spiro atoms. The van der Waals surface area contributed by atoms with Gasteiger partial charge in [0.15, 0.2) is 6.29 Å². The lowest BCUT2D eigenvalue weighted by Crippen LogP contribution is -1.93. The van der Waals surface area contributed by atoms with Gasteiger partial charge in [0.25, 0.3) is 0 Å². The third-order valence-corrected chi connectivity index (χ3v) is 2.80. The molecule has 2 aromatic rings. The van der Waals surface area contributed by atoms with Gasteiger partial charge in [-0.1, -0.05) is 31.2 Å². The molecular weight excluding hydrogens is 210 g/mol. The molecule has 0 unspecified atom stereocenters. The van der Waals surface area contributed by atoms with Gasteiger partial charge in [-0.25, -0.2) is 0 Å². The van der Waals surface area contributed by atoms with Crippen molar-refractivity contribution in [1.29, 1.82) is 0 Å². The monoisotopic (exact) mass is 225 g/mol. The van der Waals surface area contributed by atoms with E-state index < -0.39 is 0 Å². The number of pyridine rings is 1. The summed E-state index contributed by atoms with van der Waals surface area (Å²) in [6.07, 6.45) is 4.30. The largest absolute Gasteiger partial charge is 0.298 e. The highest BCUT2D eigenvalue weighted by atomic mass is 16.1. The maximum atomic E-state index is 10.5. The molecule has 0 radical (unpaired) electrons. The number of aryl methyl sites for hydroxylation is 1. The van der Waals surface area contributed by atoms with Crippen LogP contribution < -0.4 is 0 Å². The highest BCUT2D eigenvalue weighted by molar-refractivity contribution is 5.73. The standard InChI is InChI=1S/C15H15NO/c1-2-12-3-5-13(6-4-12)9-15-8-7-14(11-17)10-16-15/h3-8,10-11H,2,9H2,1H3. The Kier molecular flexibility index (Phi) is 3.66. The van der Waals surface area contributed by atoms with Gasteiger partial charge in [0.1, 0.15) is 0 Å². The molecule has 0 amide bonds. The van der Waals surface area contributed by atoms with Crippen LogP contribution in [0, 0.1) is 0 Å². The lowest BCUT2D eigenvalue weighted by molar-refractivity contribution is 0.112. The molecular formula is C15H15NO. The first kappa shape index (κ1) is 11.5. The molecule has 2 nitrogen and oxygen atoms in total. The fraction of sp³-hybridized carbons (Fsp3) is 0.200. The average molecular weight is 225 g/mol. The predicted octanol–water partition coefficient (Wildman–Crippen LogP) is 3.05. The number of aromatic nitrogens is 1. The van der Waals surface area contributed by atoms with Gasteiger partial charge in [0.2, 0.25) is 0 Å². The second kappa shape index (κ2) is 5.39. The van der Waals surface area contributed by atoms with E-state index in [-0.39, 0.29) is 0 Å². The summed E-state index contributed by atoms with van der Waals surface area (Å²) in [4.78, 5) is 14.8. The van der Waals surface area contributed by atoms with Crippen molar-refractivity contribution in [3.8, 4) is 0 Å². The molecule has 1 aromatic carbocycles. The highest BCUT2D eigenvalue weighted by Crippen LogP contribution is 2.10. The zero-order valence-electron chi connectivity index (χ0n) is 9.89. The summed E-state index contributed by atoms with van der Waals surface area (Å²) in [6, 6.07) is 12.3. The second-order valence-electron chi connectivity index (χ2n) is 4.05. The first-order chi connectivity index (χ1) is 8.31. The van der Waals surface area contributed by atoms with E-state index >= 15 is 0 Å². The molecule has 0 saturated heterocycles. The average Bonchev–Trinajstić information content (AvgIpc) is 2.40. The van der Waals surface area contributed by atoms with Crippen LogP contribution in [0.4, 0.5) is 0 Å². The fourth-order valence-electron chi connectivity index (χ4n) is 1.71. The number of carbonyl (C=O) groups excluding carboxylic acids is 1. The Morgan fingerprint density at radius 3 is 2.29 bits per heavy atom. The number of nitrogens with zero attached hydrogens (tertiary/aromatic N) is 1. The van der Waals surface area contributed by atoms with Crippen molar-refractivity contribution in [1.82, 2.24) is 4.98 Å². The minimum absolute atomic E-state index is 0.620. The number of carbonyl (C=O) groups is 1. The summed E-state index contributed by atoms with van der Waals surface area (Å²) in [6.45, 7) is 2.15. The lowest BCUT2D eigenvalue weighted by atomic mass is 10.1. The van der Waals surface area contributed by atoms with Gasteiger partial charge in [-0.05, 0) is 29.7 Å². The predicted molar refractivity (Wildman–Crippen MR) is 68.3 cm³/mol. The van der Waals surface area contributed by atoms with Gasteiger partial charge in [0, 0.05) is 23.9 Å². The molecule has 2 rings (SSSR count). The minimum Gasteiger partial charge on any atom is -0.298 e. The smallest absolute Gasteiger partial charge is 0.151 e. The van der Waals surface area contributed by atoms with Crippen LogP contribution in [-0.2, 0) is 12.8 Å². The first-order valence-corrected chi connectivity index (χ1v) is 5.79. The van der Waals surface area contributed by atoms with Crippen LogP contribution in [0.2, 0.25) is 0 Å². The number of aldehydes is 1. The van der Waals surface area contributed by atoms with Gasteiger partial charge in [-0.2, -0.15) is 0 Å². The molecule has 17 heavy (non-hydrogen) atoms. The van der Waals surface area contributed by atoms with E-state index in [1.807, 2.05) is 6.07 Å². The lowest BCUT2D eigenvalue weighted by Gasteiger charge is -2.02. The minimum atomic E-state index is 0.620. The molecule has 0 atom stereocenters. The molecule has 2 heteroatoms. The van der Waals surface area contributed by atoms with Crippen LogP contribution in [0.3, 0.4) is 0 Å². The molecule has 86 valence electrons. The van der Waals surface area contributed by atoms with E-state index in [0.29, 0.717) is 5.56 Å².